The van der Waals surface area contributed by atoms with E-state index in [1.54, 1.807) is 45.0 Å². The highest BCUT2D eigenvalue weighted by atomic mass is 16.5. The molecule has 3 rings (SSSR count). The second-order valence-electron chi connectivity index (χ2n) is 6.80. The quantitative estimate of drug-likeness (QED) is 0.554. The third kappa shape index (κ3) is 2.87. The molecule has 0 aliphatic carbocycles. The molecule has 0 unspecified atom stereocenters. The van der Waals surface area contributed by atoms with Crippen molar-refractivity contribution in [3.8, 4) is 5.75 Å². The molecule has 9 heteroatoms. The number of H-pyrrole nitrogens is 1. The maximum Gasteiger partial charge on any atom is 0.316 e. The summed E-state index contributed by atoms with van der Waals surface area (Å²) in [5.41, 5.74) is -1.21. The topological polar surface area (TPSA) is 120 Å². The molecule has 26 heavy (non-hydrogen) atoms. The van der Waals surface area contributed by atoms with Crippen LogP contribution in [0.15, 0.2) is 29.1 Å². The SMILES string of the molecule is Cn1c(=O)c(C(=O)c2nnn[nH]2)c(OC(=O)C(C)(C)C)c2ccccc21. The summed E-state index contributed by atoms with van der Waals surface area (Å²) in [4.78, 5) is 38.1. The number of nitrogens with one attached hydrogen (secondary N) is 1. The van der Waals surface area contributed by atoms with Crippen LogP contribution < -0.4 is 10.3 Å². The Kier molecular flexibility index (Phi) is 4.15. The van der Waals surface area contributed by atoms with Crippen molar-refractivity contribution in [1.29, 1.82) is 0 Å². The minimum absolute atomic E-state index is 0.0926. The first-order valence-electron chi connectivity index (χ1n) is 7.84. The average molecular weight is 355 g/mol. The second-order valence-corrected chi connectivity index (χ2v) is 6.80. The fourth-order valence-corrected chi connectivity index (χ4v) is 2.39. The molecule has 0 amide bonds. The van der Waals surface area contributed by atoms with E-state index in [9.17, 15) is 14.4 Å². The van der Waals surface area contributed by atoms with E-state index in [2.05, 4.69) is 20.6 Å². The average Bonchev–Trinajstić information content (AvgIpc) is 3.13. The number of benzene rings is 1. The Balaban J connectivity index is 2.33. The first-order chi connectivity index (χ1) is 12.2. The van der Waals surface area contributed by atoms with E-state index in [0.29, 0.717) is 10.9 Å². The number of rotatable bonds is 3. The van der Waals surface area contributed by atoms with Crippen molar-refractivity contribution in [2.24, 2.45) is 12.5 Å². The molecule has 0 bridgehead atoms. The normalized spacial score (nSPS) is 11.5. The van der Waals surface area contributed by atoms with E-state index >= 15 is 0 Å². The Morgan fingerprint density at radius 3 is 2.50 bits per heavy atom. The summed E-state index contributed by atoms with van der Waals surface area (Å²) in [6.07, 6.45) is 0. The van der Waals surface area contributed by atoms with E-state index < -0.39 is 22.7 Å². The number of hydrogen-bond donors (Lipinski definition) is 1. The predicted molar refractivity (Wildman–Crippen MR) is 91.9 cm³/mol. The highest BCUT2D eigenvalue weighted by Crippen LogP contribution is 2.30. The number of pyridine rings is 1. The van der Waals surface area contributed by atoms with Crippen LogP contribution in [0.2, 0.25) is 0 Å². The Morgan fingerprint density at radius 2 is 1.88 bits per heavy atom. The number of hydrogen-bond acceptors (Lipinski definition) is 7. The summed E-state index contributed by atoms with van der Waals surface area (Å²) in [5, 5.41) is 13.1. The van der Waals surface area contributed by atoms with Gasteiger partial charge in [0.2, 0.25) is 11.6 Å². The van der Waals surface area contributed by atoms with Crippen LogP contribution in [-0.2, 0) is 11.8 Å². The molecule has 0 aliphatic heterocycles. The smallest absolute Gasteiger partial charge is 0.316 e. The Morgan fingerprint density at radius 1 is 1.19 bits per heavy atom. The van der Waals surface area contributed by atoms with Crippen LogP contribution >= 0.6 is 0 Å². The zero-order chi connectivity index (χ0) is 19.1. The maximum atomic E-state index is 12.8. The van der Waals surface area contributed by atoms with E-state index in [1.807, 2.05) is 0 Å². The molecule has 1 N–H and O–H groups in total. The Hall–Kier alpha value is -3.36. The van der Waals surface area contributed by atoms with Gasteiger partial charge in [0, 0.05) is 12.4 Å². The van der Waals surface area contributed by atoms with Gasteiger partial charge in [0.1, 0.15) is 5.56 Å². The summed E-state index contributed by atoms with van der Waals surface area (Å²) < 4.78 is 6.84. The fourth-order valence-electron chi connectivity index (χ4n) is 2.39. The molecule has 0 saturated heterocycles. The third-order valence-electron chi connectivity index (χ3n) is 3.85. The first-order valence-corrected chi connectivity index (χ1v) is 7.84. The van der Waals surface area contributed by atoms with Crippen LogP contribution in [-0.4, -0.2) is 36.9 Å². The van der Waals surface area contributed by atoms with Crippen LogP contribution in [0.4, 0.5) is 0 Å². The van der Waals surface area contributed by atoms with Crippen molar-refractivity contribution < 1.29 is 14.3 Å². The molecule has 0 atom stereocenters. The number of carbonyl (C=O) groups excluding carboxylic acids is 2. The van der Waals surface area contributed by atoms with Crippen molar-refractivity contribution in [2.75, 3.05) is 0 Å². The van der Waals surface area contributed by atoms with Crippen molar-refractivity contribution in [3.63, 3.8) is 0 Å². The van der Waals surface area contributed by atoms with Gasteiger partial charge in [-0.1, -0.05) is 12.1 Å². The highest BCUT2D eigenvalue weighted by Gasteiger charge is 2.30. The van der Waals surface area contributed by atoms with E-state index in [-0.39, 0.29) is 17.1 Å². The van der Waals surface area contributed by atoms with Gasteiger partial charge in [0.25, 0.3) is 5.56 Å². The Labute approximate surface area is 148 Å². The lowest BCUT2D eigenvalue weighted by molar-refractivity contribution is -0.142. The number of nitrogens with zero attached hydrogens (tertiary/aromatic N) is 4. The van der Waals surface area contributed by atoms with Gasteiger partial charge in [-0.15, -0.1) is 5.10 Å². The zero-order valence-electron chi connectivity index (χ0n) is 14.7. The highest BCUT2D eigenvalue weighted by molar-refractivity contribution is 6.11. The van der Waals surface area contributed by atoms with E-state index in [1.165, 1.54) is 11.6 Å². The largest absolute Gasteiger partial charge is 0.424 e. The third-order valence-corrected chi connectivity index (χ3v) is 3.85. The number of para-hydroxylation sites is 1. The molecular weight excluding hydrogens is 338 g/mol. The number of ketones is 1. The van der Waals surface area contributed by atoms with Crippen molar-refractivity contribution >= 4 is 22.7 Å². The molecule has 2 aromatic heterocycles. The number of aryl methyl sites for hydroxylation is 1. The minimum atomic E-state index is -0.823. The molecule has 1 aromatic carbocycles. The number of aromatic nitrogens is 5. The van der Waals surface area contributed by atoms with Crippen LogP contribution in [0, 0.1) is 5.41 Å². The number of esters is 1. The van der Waals surface area contributed by atoms with Gasteiger partial charge in [0.15, 0.2) is 5.75 Å². The summed E-state index contributed by atoms with van der Waals surface area (Å²) in [7, 11) is 1.54. The fraction of sp³-hybridized carbons (Fsp3) is 0.294. The summed E-state index contributed by atoms with van der Waals surface area (Å²) in [6.45, 7) is 5.04. The van der Waals surface area contributed by atoms with Gasteiger partial charge < -0.3 is 9.30 Å². The number of carbonyl (C=O) groups is 2. The molecule has 3 aromatic rings. The molecule has 2 heterocycles. The van der Waals surface area contributed by atoms with Crippen molar-refractivity contribution in [2.45, 2.75) is 20.8 Å². The van der Waals surface area contributed by atoms with Gasteiger partial charge in [-0.2, -0.15) is 0 Å². The summed E-state index contributed by atoms with van der Waals surface area (Å²) in [6, 6.07) is 6.86. The molecule has 0 radical (unpaired) electrons. The first kappa shape index (κ1) is 17.5. The van der Waals surface area contributed by atoms with Crippen LogP contribution in [0.5, 0.6) is 5.75 Å². The van der Waals surface area contributed by atoms with Gasteiger partial charge in [-0.3, -0.25) is 14.4 Å². The van der Waals surface area contributed by atoms with Gasteiger partial charge in [0.05, 0.1) is 10.9 Å². The van der Waals surface area contributed by atoms with Gasteiger partial charge >= 0.3 is 5.97 Å². The lowest BCUT2D eigenvalue weighted by atomic mass is 9.97. The maximum absolute atomic E-state index is 12.8. The number of fused-ring (bicyclic) bond motifs is 1. The summed E-state index contributed by atoms with van der Waals surface area (Å²) >= 11 is 0. The molecule has 0 fully saturated rings. The Bertz CT molecular complexity index is 1060. The van der Waals surface area contributed by atoms with Gasteiger partial charge in [-0.25, -0.2) is 5.10 Å². The lowest BCUT2D eigenvalue weighted by Crippen LogP contribution is -2.31. The number of tetrazole rings is 1. The number of aromatic amines is 1. The molecule has 0 aliphatic rings. The molecule has 9 nitrogen and oxygen atoms in total. The van der Waals surface area contributed by atoms with E-state index in [0.717, 1.165) is 0 Å². The monoisotopic (exact) mass is 355 g/mol. The van der Waals surface area contributed by atoms with Crippen LogP contribution in [0.3, 0.4) is 0 Å². The van der Waals surface area contributed by atoms with Gasteiger partial charge in [-0.05, 0) is 43.3 Å². The van der Waals surface area contributed by atoms with Crippen LogP contribution in [0.25, 0.3) is 10.9 Å². The second kappa shape index (κ2) is 6.17. The minimum Gasteiger partial charge on any atom is -0.424 e. The van der Waals surface area contributed by atoms with Crippen LogP contribution in [0.1, 0.15) is 37.0 Å². The molecule has 134 valence electrons. The molecule has 0 saturated carbocycles. The predicted octanol–water partition coefficient (Wildman–Crippen LogP) is 1.23. The molecular formula is C17H17N5O4. The number of ether oxygens (including phenoxy) is 1. The zero-order valence-corrected chi connectivity index (χ0v) is 14.7. The van der Waals surface area contributed by atoms with Crippen molar-refractivity contribution in [3.05, 3.63) is 46.0 Å². The standard InChI is InChI=1S/C17H17N5O4/c1-17(2,3)16(25)26-13-9-7-5-6-8-10(9)22(4)15(24)11(13)12(23)14-18-20-21-19-14/h5-8H,1-4H3,(H,18,19,20,21). The summed E-state index contributed by atoms with van der Waals surface area (Å²) in [5.74, 6) is -1.63. The molecule has 0 spiro atoms. The lowest BCUT2D eigenvalue weighted by Gasteiger charge is -2.19. The van der Waals surface area contributed by atoms with Crippen molar-refractivity contribution in [1.82, 2.24) is 25.2 Å². The van der Waals surface area contributed by atoms with E-state index in [4.69, 9.17) is 4.74 Å².